The highest BCUT2D eigenvalue weighted by Crippen LogP contribution is 2.24. The van der Waals surface area contributed by atoms with Crippen molar-refractivity contribution in [3.8, 4) is 16.9 Å². The normalized spacial score (nSPS) is 16.2. The first-order valence-electron chi connectivity index (χ1n) is 12.2. The van der Waals surface area contributed by atoms with Gasteiger partial charge in [0.25, 0.3) is 0 Å². The van der Waals surface area contributed by atoms with E-state index in [1.54, 1.807) is 12.1 Å². The highest BCUT2D eigenvalue weighted by Gasteiger charge is 2.34. The van der Waals surface area contributed by atoms with Crippen LogP contribution in [0.2, 0.25) is 0 Å². The van der Waals surface area contributed by atoms with Crippen LogP contribution in [0.4, 0.5) is 4.79 Å². The van der Waals surface area contributed by atoms with Crippen LogP contribution in [0, 0.1) is 11.3 Å². The van der Waals surface area contributed by atoms with E-state index in [-0.39, 0.29) is 30.2 Å². The zero-order valence-electron chi connectivity index (χ0n) is 21.3. The Morgan fingerprint density at radius 3 is 2.29 bits per heavy atom. The summed E-state index contributed by atoms with van der Waals surface area (Å²) in [6.07, 6.45) is 0.423. The van der Waals surface area contributed by atoms with Crippen molar-refractivity contribution in [1.29, 1.82) is 5.41 Å². The first-order valence-corrected chi connectivity index (χ1v) is 12.2. The smallest absolute Gasteiger partial charge is 0.415 e. The molecule has 0 aromatic heterocycles. The van der Waals surface area contributed by atoms with Gasteiger partial charge in [-0.2, -0.15) is 0 Å². The van der Waals surface area contributed by atoms with Gasteiger partial charge >= 0.3 is 18.0 Å². The highest BCUT2D eigenvalue weighted by molar-refractivity contribution is 6.04. The van der Waals surface area contributed by atoms with Crippen molar-refractivity contribution in [1.82, 2.24) is 10.6 Å². The number of amides is 2. The van der Waals surface area contributed by atoms with Crippen molar-refractivity contribution >= 4 is 29.8 Å². The monoisotopic (exact) mass is 525 g/mol. The molecule has 0 radical (unpaired) electrons. The first kappa shape index (κ1) is 28.2. The molecule has 3 rings (SSSR count). The summed E-state index contributed by atoms with van der Waals surface area (Å²) in [5.74, 6) is -1.02. The standard InChI is InChI=1S/C27H31N3O8/c1-3-12-35-24(32)14-21-13-22(29-26(21)33)15-36-23-10-8-19(9-11-23)18-4-6-20(7-5-18)25(28)30-27(34)38-16-37-17(2)31/h4-11,21-22H,3,12-16H2,1-2H3,(H,29,33)(H2,28,30,34)/t21-,22-/m0/s1. The number of carbonyl (C=O) groups is 4. The van der Waals surface area contributed by atoms with Gasteiger partial charge in [0.05, 0.1) is 25.0 Å². The number of ether oxygens (including phenoxy) is 4. The van der Waals surface area contributed by atoms with Crippen molar-refractivity contribution in [3.63, 3.8) is 0 Å². The van der Waals surface area contributed by atoms with Gasteiger partial charge in [-0.3, -0.25) is 25.1 Å². The lowest BCUT2D eigenvalue weighted by Gasteiger charge is -2.13. The molecule has 1 saturated heterocycles. The van der Waals surface area contributed by atoms with E-state index < -0.39 is 24.8 Å². The molecule has 0 saturated carbocycles. The minimum atomic E-state index is -0.905. The Balaban J connectivity index is 1.46. The third-order valence-electron chi connectivity index (χ3n) is 5.66. The van der Waals surface area contributed by atoms with E-state index >= 15 is 0 Å². The van der Waals surface area contributed by atoms with Gasteiger partial charge in [-0.1, -0.05) is 43.3 Å². The van der Waals surface area contributed by atoms with E-state index in [0.29, 0.717) is 30.9 Å². The summed E-state index contributed by atoms with van der Waals surface area (Å²) in [5.41, 5.74) is 2.28. The third kappa shape index (κ3) is 8.61. The Bertz CT molecular complexity index is 1150. The molecular weight excluding hydrogens is 494 g/mol. The fraction of sp³-hybridized carbons (Fsp3) is 0.370. The lowest BCUT2D eigenvalue weighted by molar-refractivity contribution is -0.149. The molecule has 2 aromatic rings. The lowest BCUT2D eigenvalue weighted by Crippen LogP contribution is -2.31. The van der Waals surface area contributed by atoms with Crippen LogP contribution in [0.3, 0.4) is 0 Å². The van der Waals surface area contributed by atoms with E-state index in [0.717, 1.165) is 17.5 Å². The molecule has 2 aromatic carbocycles. The van der Waals surface area contributed by atoms with Gasteiger partial charge < -0.3 is 24.3 Å². The van der Waals surface area contributed by atoms with Gasteiger partial charge in [-0.25, -0.2) is 4.79 Å². The molecule has 2 atom stereocenters. The molecule has 11 heteroatoms. The fourth-order valence-corrected chi connectivity index (χ4v) is 3.74. The average molecular weight is 526 g/mol. The maximum Gasteiger partial charge on any atom is 0.415 e. The molecule has 11 nitrogen and oxygen atoms in total. The zero-order chi connectivity index (χ0) is 27.5. The molecule has 1 fully saturated rings. The van der Waals surface area contributed by atoms with Gasteiger partial charge in [0.2, 0.25) is 12.7 Å². The number of nitrogens with one attached hydrogen (secondary N) is 3. The summed E-state index contributed by atoms with van der Waals surface area (Å²) < 4.78 is 20.1. The summed E-state index contributed by atoms with van der Waals surface area (Å²) in [4.78, 5) is 46.3. The zero-order valence-corrected chi connectivity index (χ0v) is 21.3. The number of rotatable bonds is 11. The van der Waals surface area contributed by atoms with E-state index in [9.17, 15) is 19.2 Å². The molecule has 38 heavy (non-hydrogen) atoms. The topological polar surface area (TPSA) is 153 Å². The molecule has 0 unspecified atom stereocenters. The maximum atomic E-state index is 12.2. The average Bonchev–Trinajstić information content (AvgIpc) is 3.25. The number of benzene rings is 2. The third-order valence-corrected chi connectivity index (χ3v) is 5.66. The van der Waals surface area contributed by atoms with Crippen LogP contribution in [0.5, 0.6) is 5.75 Å². The fourth-order valence-electron chi connectivity index (χ4n) is 3.74. The van der Waals surface area contributed by atoms with Crippen molar-refractivity contribution in [3.05, 3.63) is 54.1 Å². The van der Waals surface area contributed by atoms with E-state index in [1.807, 2.05) is 43.3 Å². The summed E-state index contributed by atoms with van der Waals surface area (Å²) >= 11 is 0. The van der Waals surface area contributed by atoms with Gasteiger partial charge in [0.15, 0.2) is 0 Å². The lowest BCUT2D eigenvalue weighted by atomic mass is 10.0. The van der Waals surface area contributed by atoms with Crippen LogP contribution in [0.15, 0.2) is 48.5 Å². The summed E-state index contributed by atoms with van der Waals surface area (Å²) in [6, 6.07) is 14.2. The minimum absolute atomic E-state index is 0.0749. The van der Waals surface area contributed by atoms with Crippen LogP contribution in [-0.2, 0) is 28.6 Å². The van der Waals surface area contributed by atoms with Crippen molar-refractivity contribution in [2.45, 2.75) is 39.2 Å². The number of alkyl carbamates (subject to hydrolysis) is 1. The summed E-state index contributed by atoms with van der Waals surface area (Å²) in [6.45, 7) is 3.22. The Morgan fingerprint density at radius 1 is 1.00 bits per heavy atom. The summed E-state index contributed by atoms with van der Waals surface area (Å²) in [5, 5.41) is 13.1. The van der Waals surface area contributed by atoms with Crippen LogP contribution < -0.4 is 15.4 Å². The Hall–Kier alpha value is -4.41. The van der Waals surface area contributed by atoms with E-state index in [1.165, 1.54) is 6.92 Å². The highest BCUT2D eigenvalue weighted by atomic mass is 16.7. The molecule has 0 bridgehead atoms. The quantitative estimate of drug-likeness (QED) is 0.175. The Labute approximate surface area is 220 Å². The van der Waals surface area contributed by atoms with Crippen LogP contribution in [0.25, 0.3) is 11.1 Å². The van der Waals surface area contributed by atoms with Crippen LogP contribution in [0.1, 0.15) is 38.7 Å². The number of amidine groups is 1. The molecule has 202 valence electrons. The minimum Gasteiger partial charge on any atom is -0.491 e. The second-order valence-corrected chi connectivity index (χ2v) is 8.66. The van der Waals surface area contributed by atoms with Gasteiger partial charge in [-0.15, -0.1) is 0 Å². The molecule has 2 amide bonds. The molecule has 3 N–H and O–H groups in total. The largest absolute Gasteiger partial charge is 0.491 e. The van der Waals surface area contributed by atoms with Crippen LogP contribution >= 0.6 is 0 Å². The molecule has 1 aliphatic heterocycles. The van der Waals surface area contributed by atoms with E-state index in [4.69, 9.17) is 14.9 Å². The van der Waals surface area contributed by atoms with Gasteiger partial charge in [0, 0.05) is 12.5 Å². The molecule has 1 aliphatic rings. The predicted molar refractivity (Wildman–Crippen MR) is 136 cm³/mol. The van der Waals surface area contributed by atoms with Crippen molar-refractivity contribution in [2.24, 2.45) is 5.92 Å². The number of esters is 2. The van der Waals surface area contributed by atoms with Gasteiger partial charge in [-0.05, 0) is 36.1 Å². The molecule has 1 heterocycles. The van der Waals surface area contributed by atoms with Crippen molar-refractivity contribution < 1.29 is 38.1 Å². The van der Waals surface area contributed by atoms with Gasteiger partial charge in [0.1, 0.15) is 18.2 Å². The summed E-state index contributed by atoms with van der Waals surface area (Å²) in [7, 11) is 0. The molecular formula is C27H31N3O8. The Morgan fingerprint density at radius 2 is 1.66 bits per heavy atom. The molecule has 0 spiro atoms. The maximum absolute atomic E-state index is 12.2. The second kappa shape index (κ2) is 13.8. The SMILES string of the molecule is CCCOC(=O)C[C@@H]1C[C@@H](COc2ccc(-c3ccc(C(=N)NC(=O)OCOC(C)=O)cc3)cc2)NC1=O. The van der Waals surface area contributed by atoms with Crippen LogP contribution in [-0.4, -0.2) is 55.8 Å². The predicted octanol–water partition coefficient (Wildman–Crippen LogP) is 3.15. The number of carbonyl (C=O) groups excluding carboxylic acids is 4. The Kier molecular flexibility index (Phi) is 10.2. The molecule has 0 aliphatic carbocycles. The number of hydrogen-bond donors (Lipinski definition) is 3. The van der Waals surface area contributed by atoms with E-state index in [2.05, 4.69) is 20.1 Å². The van der Waals surface area contributed by atoms with Crippen molar-refractivity contribution in [2.75, 3.05) is 20.0 Å². The first-order chi connectivity index (χ1) is 18.2. The second-order valence-electron chi connectivity index (χ2n) is 8.66. The number of hydrogen-bond acceptors (Lipinski definition) is 9.